The van der Waals surface area contributed by atoms with E-state index >= 15 is 0 Å². The van der Waals surface area contributed by atoms with Crippen LogP contribution < -0.4 is 14.8 Å². The molecule has 0 aliphatic carbocycles. The molecule has 9 nitrogen and oxygen atoms in total. The van der Waals surface area contributed by atoms with Crippen molar-refractivity contribution in [3.8, 4) is 11.5 Å². The normalized spacial score (nSPS) is 26.1. The molecule has 2 atom stereocenters. The molecule has 4 rings (SSSR count). The second kappa shape index (κ2) is 10.5. The molecule has 1 spiro atoms. The van der Waals surface area contributed by atoms with E-state index in [0.717, 1.165) is 49.5 Å². The van der Waals surface area contributed by atoms with Crippen molar-refractivity contribution in [3.63, 3.8) is 0 Å². The van der Waals surface area contributed by atoms with Gasteiger partial charge in [-0.2, -0.15) is 0 Å². The first-order valence-corrected chi connectivity index (χ1v) is 11.1. The molecule has 0 unspecified atom stereocenters. The summed E-state index contributed by atoms with van der Waals surface area (Å²) in [5, 5.41) is 20.2. The predicted octanol–water partition coefficient (Wildman–Crippen LogP) is 1.68. The number of likely N-dealkylation sites (tertiary alicyclic amines) is 1. The summed E-state index contributed by atoms with van der Waals surface area (Å²) < 4.78 is 17.4. The second-order valence-corrected chi connectivity index (χ2v) is 9.16. The topological polar surface area (TPSA) is 118 Å². The minimum absolute atomic E-state index is 0.118. The van der Waals surface area contributed by atoms with Crippen molar-refractivity contribution in [1.82, 2.24) is 10.2 Å². The number of aliphatic hydroxyl groups excluding tert-OH is 1. The summed E-state index contributed by atoms with van der Waals surface area (Å²) in [6.07, 6.45) is 3.91. The number of nitrogens with one attached hydrogen (secondary N) is 1. The summed E-state index contributed by atoms with van der Waals surface area (Å²) in [6.45, 7) is 6.71. The standard InChI is InChI=1S/C23H32N2O5.CH2O2/c1-16(26)24-22(2)15-23(30-14-21(22)27)6-8-25(9-7-23)12-17-10-18-11-19(28-3)4-5-20(18)29-13-17;2-1-3/h4-5,10-11,21,27H,6-9,12-15H2,1-3H3,(H,24,26);1H,(H,2,3)/t21-,22-;/m0./s1. The lowest BCUT2D eigenvalue weighted by Crippen LogP contribution is -2.65. The molecular weight excluding hydrogens is 428 g/mol. The average Bonchev–Trinajstić information content (AvgIpc) is 2.78. The molecule has 3 N–H and O–H groups in total. The molecule has 1 aromatic rings. The van der Waals surface area contributed by atoms with Crippen LogP contribution in [0.5, 0.6) is 11.5 Å². The molecular formula is C24H34N2O7. The molecule has 3 aliphatic rings. The first kappa shape index (κ1) is 25.0. The highest BCUT2D eigenvalue weighted by Gasteiger charge is 2.49. The zero-order valence-electron chi connectivity index (χ0n) is 19.5. The number of methoxy groups -OCH3 is 1. The molecule has 33 heavy (non-hydrogen) atoms. The van der Waals surface area contributed by atoms with Gasteiger partial charge in [-0.3, -0.25) is 14.5 Å². The quantitative estimate of drug-likeness (QED) is 0.579. The Labute approximate surface area is 194 Å². The van der Waals surface area contributed by atoms with E-state index in [1.165, 1.54) is 12.5 Å². The summed E-state index contributed by atoms with van der Waals surface area (Å²) in [5.41, 5.74) is 1.37. The fraction of sp³-hybridized carbons (Fsp3) is 0.583. The maximum absolute atomic E-state index is 11.6. The van der Waals surface area contributed by atoms with Crippen molar-refractivity contribution in [2.45, 2.75) is 50.4 Å². The Balaban J connectivity index is 0.000000968. The van der Waals surface area contributed by atoms with Gasteiger partial charge < -0.3 is 29.7 Å². The largest absolute Gasteiger partial charge is 0.497 e. The van der Waals surface area contributed by atoms with Crippen molar-refractivity contribution in [3.05, 3.63) is 29.3 Å². The zero-order chi connectivity index (χ0) is 24.1. The number of rotatable bonds is 4. The SMILES string of the molecule is COc1ccc2c(c1)C=C(CN1CCC3(CC1)C[C@](C)(NC(C)=O)[C@@H](O)CO3)CO2.O=CO. The van der Waals surface area contributed by atoms with Crippen LogP contribution in [0.15, 0.2) is 23.8 Å². The fourth-order valence-corrected chi connectivity index (χ4v) is 4.96. The Morgan fingerprint density at radius 3 is 2.70 bits per heavy atom. The van der Waals surface area contributed by atoms with Gasteiger partial charge in [0.15, 0.2) is 0 Å². The van der Waals surface area contributed by atoms with Gasteiger partial charge in [-0.15, -0.1) is 0 Å². The number of aliphatic hydroxyl groups is 1. The number of hydrogen-bond acceptors (Lipinski definition) is 7. The van der Waals surface area contributed by atoms with Crippen LogP contribution in [0.1, 0.15) is 38.7 Å². The smallest absolute Gasteiger partial charge is 0.290 e. The van der Waals surface area contributed by atoms with Crippen LogP contribution in [-0.4, -0.2) is 84.7 Å². The van der Waals surface area contributed by atoms with Crippen molar-refractivity contribution >= 4 is 18.5 Å². The lowest BCUT2D eigenvalue weighted by molar-refractivity contribution is -0.180. The molecule has 9 heteroatoms. The van der Waals surface area contributed by atoms with Gasteiger partial charge in [-0.1, -0.05) is 0 Å². The molecule has 1 amide bonds. The Kier molecular flexibility index (Phi) is 7.99. The monoisotopic (exact) mass is 462 g/mol. The van der Waals surface area contributed by atoms with Gasteiger partial charge in [0.1, 0.15) is 24.2 Å². The van der Waals surface area contributed by atoms with E-state index in [0.29, 0.717) is 13.0 Å². The minimum Gasteiger partial charge on any atom is -0.497 e. The van der Waals surface area contributed by atoms with Gasteiger partial charge in [0, 0.05) is 38.5 Å². The predicted molar refractivity (Wildman–Crippen MR) is 122 cm³/mol. The van der Waals surface area contributed by atoms with E-state index < -0.39 is 11.6 Å². The van der Waals surface area contributed by atoms with E-state index in [9.17, 15) is 9.90 Å². The van der Waals surface area contributed by atoms with Gasteiger partial charge in [-0.25, -0.2) is 0 Å². The van der Waals surface area contributed by atoms with Crippen molar-refractivity contribution in [1.29, 1.82) is 0 Å². The molecule has 2 fully saturated rings. The number of carboxylic acid groups (broad SMARTS) is 1. The van der Waals surface area contributed by atoms with Gasteiger partial charge in [0.25, 0.3) is 6.47 Å². The maximum Gasteiger partial charge on any atom is 0.290 e. The van der Waals surface area contributed by atoms with Crippen LogP contribution in [0.3, 0.4) is 0 Å². The highest BCUT2D eigenvalue weighted by Crippen LogP contribution is 2.40. The molecule has 0 aromatic heterocycles. The van der Waals surface area contributed by atoms with Gasteiger partial charge in [-0.05, 0) is 49.6 Å². The van der Waals surface area contributed by atoms with Crippen LogP contribution >= 0.6 is 0 Å². The third-order valence-corrected chi connectivity index (χ3v) is 6.62. The number of hydrogen-bond donors (Lipinski definition) is 3. The zero-order valence-corrected chi connectivity index (χ0v) is 19.5. The molecule has 3 heterocycles. The number of amides is 1. The Bertz CT molecular complexity index is 880. The van der Waals surface area contributed by atoms with E-state index in [2.05, 4.69) is 16.3 Å². The van der Waals surface area contributed by atoms with Gasteiger partial charge >= 0.3 is 0 Å². The molecule has 2 saturated heterocycles. The second-order valence-electron chi connectivity index (χ2n) is 9.16. The number of piperidine rings is 1. The number of carbonyl (C=O) groups excluding carboxylic acids is 1. The van der Waals surface area contributed by atoms with Crippen LogP contribution in [0, 0.1) is 0 Å². The number of benzene rings is 1. The van der Waals surface area contributed by atoms with Gasteiger partial charge in [0.05, 0.1) is 24.9 Å². The van der Waals surface area contributed by atoms with Crippen molar-refractivity contribution < 1.29 is 34.0 Å². The molecule has 0 radical (unpaired) electrons. The third-order valence-electron chi connectivity index (χ3n) is 6.62. The molecule has 3 aliphatic heterocycles. The first-order valence-electron chi connectivity index (χ1n) is 11.1. The Morgan fingerprint density at radius 2 is 2.06 bits per heavy atom. The summed E-state index contributed by atoms with van der Waals surface area (Å²) in [4.78, 5) is 22.4. The Morgan fingerprint density at radius 1 is 1.36 bits per heavy atom. The number of fused-ring (bicyclic) bond motifs is 1. The lowest BCUT2D eigenvalue weighted by atomic mass is 9.74. The fourth-order valence-electron chi connectivity index (χ4n) is 4.96. The van der Waals surface area contributed by atoms with Crippen LogP contribution in [0.25, 0.3) is 6.08 Å². The molecule has 0 saturated carbocycles. The van der Waals surface area contributed by atoms with E-state index in [1.54, 1.807) is 7.11 Å². The Hall–Kier alpha value is -2.62. The number of ether oxygens (including phenoxy) is 3. The third kappa shape index (κ3) is 6.04. The molecule has 182 valence electrons. The number of nitrogens with zero attached hydrogens (tertiary/aromatic N) is 1. The summed E-state index contributed by atoms with van der Waals surface area (Å²) in [5.74, 6) is 1.60. The summed E-state index contributed by atoms with van der Waals surface area (Å²) in [7, 11) is 1.67. The molecule has 1 aromatic carbocycles. The molecule has 0 bridgehead atoms. The van der Waals surface area contributed by atoms with E-state index in [-0.39, 0.29) is 24.6 Å². The summed E-state index contributed by atoms with van der Waals surface area (Å²) >= 11 is 0. The van der Waals surface area contributed by atoms with Crippen LogP contribution in [-0.2, 0) is 14.3 Å². The van der Waals surface area contributed by atoms with Crippen molar-refractivity contribution in [2.24, 2.45) is 0 Å². The first-order chi connectivity index (χ1) is 15.7. The van der Waals surface area contributed by atoms with E-state index in [4.69, 9.17) is 24.1 Å². The number of carbonyl (C=O) groups is 2. The highest BCUT2D eigenvalue weighted by atomic mass is 16.5. The highest BCUT2D eigenvalue weighted by molar-refractivity contribution is 5.74. The van der Waals surface area contributed by atoms with Crippen molar-refractivity contribution in [2.75, 3.05) is 40.0 Å². The van der Waals surface area contributed by atoms with E-state index in [1.807, 2.05) is 25.1 Å². The average molecular weight is 463 g/mol. The maximum atomic E-state index is 11.6. The van der Waals surface area contributed by atoms with Crippen LogP contribution in [0.2, 0.25) is 0 Å². The summed E-state index contributed by atoms with van der Waals surface area (Å²) in [6, 6.07) is 5.87. The lowest BCUT2D eigenvalue weighted by Gasteiger charge is -2.52. The van der Waals surface area contributed by atoms with Gasteiger partial charge in [0.2, 0.25) is 5.91 Å². The minimum atomic E-state index is -0.688. The van der Waals surface area contributed by atoms with Crippen LogP contribution in [0.4, 0.5) is 0 Å².